The maximum Gasteiger partial charge on any atom is 0.407 e. The van der Waals surface area contributed by atoms with Crippen molar-refractivity contribution in [3.8, 4) is 11.5 Å². The smallest absolute Gasteiger partial charge is 0.407 e. The van der Waals surface area contributed by atoms with Gasteiger partial charge in [-0.15, -0.1) is 0 Å². The van der Waals surface area contributed by atoms with Gasteiger partial charge in [0.2, 0.25) is 6.79 Å². The predicted octanol–water partition coefficient (Wildman–Crippen LogP) is 2.80. The molecular formula is C15H19NO4. The Labute approximate surface area is 118 Å². The van der Waals surface area contributed by atoms with Gasteiger partial charge in [0.05, 0.1) is 0 Å². The lowest BCUT2D eigenvalue weighted by molar-refractivity contribution is 0.0523. The number of ether oxygens (including phenoxy) is 3. The Morgan fingerprint density at radius 2 is 2.05 bits per heavy atom. The number of amides is 1. The third-order valence-electron chi connectivity index (χ3n) is 3.32. The molecule has 0 saturated heterocycles. The molecule has 0 unspecified atom stereocenters. The molecule has 20 heavy (non-hydrogen) atoms. The van der Waals surface area contributed by atoms with Gasteiger partial charge in [-0.25, -0.2) is 4.79 Å². The Hall–Kier alpha value is -1.91. The van der Waals surface area contributed by atoms with E-state index in [9.17, 15) is 4.79 Å². The number of nitrogens with one attached hydrogen (secondary N) is 1. The van der Waals surface area contributed by atoms with E-state index in [1.807, 2.05) is 39.0 Å². The second-order valence-corrected chi connectivity index (χ2v) is 6.21. The van der Waals surface area contributed by atoms with Crippen LogP contribution in [0, 0.1) is 0 Å². The molecule has 0 radical (unpaired) electrons. The minimum Gasteiger partial charge on any atom is -0.454 e. The molecule has 1 aromatic rings. The van der Waals surface area contributed by atoms with E-state index in [2.05, 4.69) is 5.32 Å². The highest BCUT2D eigenvalue weighted by atomic mass is 16.7. The number of carbonyl (C=O) groups excluding carboxylic acids is 1. The Balaban J connectivity index is 1.58. The van der Waals surface area contributed by atoms with Gasteiger partial charge in [0.15, 0.2) is 11.5 Å². The van der Waals surface area contributed by atoms with Crippen molar-refractivity contribution < 1.29 is 19.0 Å². The van der Waals surface area contributed by atoms with Gasteiger partial charge in [0, 0.05) is 12.0 Å². The molecule has 0 aromatic heterocycles. The summed E-state index contributed by atoms with van der Waals surface area (Å²) < 4.78 is 15.9. The number of benzene rings is 1. The summed E-state index contributed by atoms with van der Waals surface area (Å²) in [5.74, 6) is 1.90. The van der Waals surface area contributed by atoms with Gasteiger partial charge in [-0.1, -0.05) is 6.07 Å². The first-order valence-electron chi connectivity index (χ1n) is 6.81. The molecule has 0 spiro atoms. The Bertz CT molecular complexity index is 535. The lowest BCUT2D eigenvalue weighted by Gasteiger charge is -2.19. The molecule has 1 aliphatic carbocycles. The maximum atomic E-state index is 11.7. The molecule has 2 atom stereocenters. The van der Waals surface area contributed by atoms with E-state index in [1.54, 1.807) is 0 Å². The van der Waals surface area contributed by atoms with Crippen LogP contribution in [0.15, 0.2) is 18.2 Å². The van der Waals surface area contributed by atoms with E-state index in [0.717, 1.165) is 23.5 Å². The van der Waals surface area contributed by atoms with Gasteiger partial charge in [-0.05, 0) is 44.9 Å². The van der Waals surface area contributed by atoms with E-state index in [0.29, 0.717) is 5.92 Å². The lowest BCUT2D eigenvalue weighted by atomic mass is 10.1. The van der Waals surface area contributed by atoms with Crippen LogP contribution in [0.4, 0.5) is 4.79 Å². The molecule has 5 nitrogen and oxygen atoms in total. The summed E-state index contributed by atoms with van der Waals surface area (Å²) in [4.78, 5) is 11.7. The molecule has 2 aliphatic rings. The minimum absolute atomic E-state index is 0.144. The monoisotopic (exact) mass is 277 g/mol. The average molecular weight is 277 g/mol. The summed E-state index contributed by atoms with van der Waals surface area (Å²) in [5, 5.41) is 2.89. The maximum absolute atomic E-state index is 11.7. The van der Waals surface area contributed by atoms with Crippen LogP contribution in [0.2, 0.25) is 0 Å². The summed E-state index contributed by atoms with van der Waals surface area (Å²) in [7, 11) is 0. The molecule has 5 heteroatoms. The van der Waals surface area contributed by atoms with Gasteiger partial charge in [0.25, 0.3) is 0 Å². The molecular weight excluding hydrogens is 258 g/mol. The summed E-state index contributed by atoms with van der Waals surface area (Å²) in [6, 6.07) is 6.07. The lowest BCUT2D eigenvalue weighted by Crippen LogP contribution is -2.34. The van der Waals surface area contributed by atoms with Crippen LogP contribution in [0.25, 0.3) is 0 Å². The number of carbonyl (C=O) groups is 1. The van der Waals surface area contributed by atoms with Gasteiger partial charge < -0.3 is 19.5 Å². The summed E-state index contributed by atoms with van der Waals surface area (Å²) in [5.41, 5.74) is 0.697. The van der Waals surface area contributed by atoms with Crippen LogP contribution in [0.1, 0.15) is 38.7 Å². The van der Waals surface area contributed by atoms with E-state index >= 15 is 0 Å². The molecule has 108 valence electrons. The van der Waals surface area contributed by atoms with Crippen LogP contribution in [0.5, 0.6) is 11.5 Å². The number of hydrogen-bond acceptors (Lipinski definition) is 4. The highest BCUT2D eigenvalue weighted by Crippen LogP contribution is 2.44. The number of alkyl carbamates (subject to hydrolysis) is 1. The highest BCUT2D eigenvalue weighted by Gasteiger charge is 2.41. The molecule has 3 rings (SSSR count). The number of hydrogen-bond donors (Lipinski definition) is 1. The van der Waals surface area contributed by atoms with Crippen molar-refractivity contribution in [1.82, 2.24) is 5.32 Å². The SMILES string of the molecule is CC(C)(C)OC(=O)N[C@@H]1C[C@H]1c1ccc2c(c1)OCO2. The van der Waals surface area contributed by atoms with Crippen LogP contribution < -0.4 is 14.8 Å². The van der Waals surface area contributed by atoms with Crippen LogP contribution in [0.3, 0.4) is 0 Å². The zero-order valence-electron chi connectivity index (χ0n) is 11.9. The normalized spacial score (nSPS) is 23.4. The first kappa shape index (κ1) is 13.1. The average Bonchev–Trinajstić information content (AvgIpc) is 2.93. The van der Waals surface area contributed by atoms with E-state index in [4.69, 9.17) is 14.2 Å². The Kier molecular flexibility index (Phi) is 3.00. The van der Waals surface area contributed by atoms with Crippen LogP contribution in [-0.4, -0.2) is 24.5 Å². The van der Waals surface area contributed by atoms with E-state index in [-0.39, 0.29) is 18.9 Å². The van der Waals surface area contributed by atoms with Crippen LogP contribution >= 0.6 is 0 Å². The molecule has 1 aliphatic heterocycles. The summed E-state index contributed by atoms with van der Waals surface area (Å²) >= 11 is 0. The topological polar surface area (TPSA) is 56.8 Å². The molecule has 1 amide bonds. The van der Waals surface area contributed by atoms with Crippen molar-refractivity contribution in [3.05, 3.63) is 23.8 Å². The quantitative estimate of drug-likeness (QED) is 0.903. The van der Waals surface area contributed by atoms with Crippen molar-refractivity contribution in [3.63, 3.8) is 0 Å². The first-order chi connectivity index (χ1) is 9.42. The van der Waals surface area contributed by atoms with Crippen LogP contribution in [-0.2, 0) is 4.74 Å². The van der Waals surface area contributed by atoms with Crippen molar-refractivity contribution in [2.45, 2.75) is 44.8 Å². The molecule has 1 N–H and O–H groups in total. The Morgan fingerprint density at radius 1 is 1.30 bits per heavy atom. The van der Waals surface area contributed by atoms with Gasteiger partial charge >= 0.3 is 6.09 Å². The fourth-order valence-corrected chi connectivity index (χ4v) is 2.33. The number of fused-ring (bicyclic) bond motifs is 1. The molecule has 1 heterocycles. The zero-order chi connectivity index (χ0) is 14.3. The zero-order valence-corrected chi connectivity index (χ0v) is 11.9. The van der Waals surface area contributed by atoms with Crippen molar-refractivity contribution in [2.24, 2.45) is 0 Å². The summed E-state index contributed by atoms with van der Waals surface area (Å²) in [6.07, 6.45) is 0.574. The second kappa shape index (κ2) is 4.58. The van der Waals surface area contributed by atoms with Crippen molar-refractivity contribution in [1.29, 1.82) is 0 Å². The molecule has 1 saturated carbocycles. The minimum atomic E-state index is -0.465. The highest BCUT2D eigenvalue weighted by molar-refractivity contribution is 5.69. The molecule has 0 bridgehead atoms. The van der Waals surface area contributed by atoms with Crippen molar-refractivity contribution in [2.75, 3.05) is 6.79 Å². The van der Waals surface area contributed by atoms with Gasteiger partial charge in [-0.3, -0.25) is 0 Å². The largest absolute Gasteiger partial charge is 0.454 e. The fraction of sp³-hybridized carbons (Fsp3) is 0.533. The second-order valence-electron chi connectivity index (χ2n) is 6.21. The predicted molar refractivity (Wildman–Crippen MR) is 73.1 cm³/mol. The van der Waals surface area contributed by atoms with E-state index in [1.165, 1.54) is 0 Å². The molecule has 1 fully saturated rings. The van der Waals surface area contributed by atoms with Crippen molar-refractivity contribution >= 4 is 6.09 Å². The first-order valence-corrected chi connectivity index (χ1v) is 6.81. The van der Waals surface area contributed by atoms with Gasteiger partial charge in [0.1, 0.15) is 5.60 Å². The fourth-order valence-electron chi connectivity index (χ4n) is 2.33. The summed E-state index contributed by atoms with van der Waals surface area (Å²) in [6.45, 7) is 5.85. The number of rotatable bonds is 2. The standard InChI is InChI=1S/C15H19NO4/c1-15(2,3)20-14(17)16-11-7-10(11)9-4-5-12-13(6-9)19-8-18-12/h4-6,10-11H,7-8H2,1-3H3,(H,16,17)/t10-,11+/m0/s1. The Morgan fingerprint density at radius 3 is 2.80 bits per heavy atom. The third-order valence-corrected chi connectivity index (χ3v) is 3.32. The molecule has 1 aromatic carbocycles. The van der Waals surface area contributed by atoms with Gasteiger partial charge in [-0.2, -0.15) is 0 Å². The van der Waals surface area contributed by atoms with E-state index < -0.39 is 5.60 Å². The third kappa shape index (κ3) is 2.81.